The van der Waals surface area contributed by atoms with Gasteiger partial charge in [0.05, 0.1) is 10.7 Å². The van der Waals surface area contributed by atoms with Gasteiger partial charge in [0.2, 0.25) is 0 Å². The average Bonchev–Trinajstić information content (AvgIpc) is 3.26. The number of piperazine rings is 1. The fourth-order valence-electron chi connectivity index (χ4n) is 3.63. The SMILES string of the molecule is Cc1ncc(CN2CCN(C(=O)Nc3nc4c(s3)CCC4(C)C)CC2)s1. The Labute approximate surface area is 162 Å². The van der Waals surface area contributed by atoms with Crippen molar-refractivity contribution in [3.8, 4) is 0 Å². The lowest BCUT2D eigenvalue weighted by Crippen LogP contribution is -2.49. The molecule has 4 rings (SSSR count). The molecule has 2 amide bonds. The molecule has 8 heteroatoms. The van der Waals surface area contributed by atoms with Crippen LogP contribution in [0.15, 0.2) is 6.20 Å². The van der Waals surface area contributed by atoms with Gasteiger partial charge in [-0.1, -0.05) is 13.8 Å². The van der Waals surface area contributed by atoms with Gasteiger partial charge in [-0.25, -0.2) is 14.8 Å². The van der Waals surface area contributed by atoms with Crippen LogP contribution in [0.3, 0.4) is 0 Å². The first-order chi connectivity index (χ1) is 12.4. The van der Waals surface area contributed by atoms with Crippen molar-refractivity contribution in [2.45, 2.75) is 45.6 Å². The molecule has 1 aliphatic carbocycles. The minimum atomic E-state index is -0.0245. The molecule has 2 aromatic rings. The maximum atomic E-state index is 12.6. The van der Waals surface area contributed by atoms with Crippen molar-refractivity contribution >= 4 is 33.8 Å². The van der Waals surface area contributed by atoms with E-state index in [-0.39, 0.29) is 11.4 Å². The highest BCUT2D eigenvalue weighted by atomic mass is 32.1. The molecule has 0 spiro atoms. The quantitative estimate of drug-likeness (QED) is 0.870. The monoisotopic (exact) mass is 391 g/mol. The summed E-state index contributed by atoms with van der Waals surface area (Å²) in [7, 11) is 0. The molecule has 0 saturated carbocycles. The van der Waals surface area contributed by atoms with Gasteiger partial charge < -0.3 is 4.90 Å². The summed E-state index contributed by atoms with van der Waals surface area (Å²) in [5.74, 6) is 0. The highest BCUT2D eigenvalue weighted by molar-refractivity contribution is 7.16. The Kier molecular flexibility index (Phi) is 4.75. The number of hydrogen-bond donors (Lipinski definition) is 1. The largest absolute Gasteiger partial charge is 0.323 e. The molecule has 26 heavy (non-hydrogen) atoms. The second-order valence-corrected chi connectivity index (χ2v) is 10.1. The van der Waals surface area contributed by atoms with Gasteiger partial charge in [0.25, 0.3) is 0 Å². The number of fused-ring (bicyclic) bond motifs is 1. The zero-order valence-electron chi connectivity index (χ0n) is 15.5. The minimum Gasteiger partial charge on any atom is -0.322 e. The Hall–Kier alpha value is -1.51. The molecule has 2 aromatic heterocycles. The number of nitrogens with zero attached hydrogens (tertiary/aromatic N) is 4. The van der Waals surface area contributed by atoms with Crippen molar-refractivity contribution < 1.29 is 4.79 Å². The number of thiazole rings is 2. The lowest BCUT2D eigenvalue weighted by Gasteiger charge is -2.34. The Morgan fingerprint density at radius 1 is 1.27 bits per heavy atom. The van der Waals surface area contributed by atoms with Crippen LogP contribution in [0.1, 0.15) is 40.7 Å². The van der Waals surface area contributed by atoms with Gasteiger partial charge in [-0.15, -0.1) is 22.7 Å². The summed E-state index contributed by atoms with van der Waals surface area (Å²) in [6.45, 7) is 10.7. The van der Waals surface area contributed by atoms with E-state index in [1.807, 2.05) is 18.0 Å². The third-order valence-electron chi connectivity index (χ3n) is 5.24. The molecule has 0 radical (unpaired) electrons. The normalized spacial score (nSPS) is 19.6. The number of nitrogens with one attached hydrogen (secondary N) is 1. The van der Waals surface area contributed by atoms with Crippen LogP contribution >= 0.6 is 22.7 Å². The van der Waals surface area contributed by atoms with Crippen LogP contribution in [0.5, 0.6) is 0 Å². The van der Waals surface area contributed by atoms with Gasteiger partial charge >= 0.3 is 6.03 Å². The third kappa shape index (κ3) is 3.63. The number of amides is 2. The van der Waals surface area contributed by atoms with Crippen molar-refractivity contribution in [2.75, 3.05) is 31.5 Å². The zero-order chi connectivity index (χ0) is 18.3. The van der Waals surface area contributed by atoms with Gasteiger partial charge in [0.1, 0.15) is 0 Å². The van der Waals surface area contributed by atoms with Crippen molar-refractivity contribution in [3.63, 3.8) is 0 Å². The molecule has 1 saturated heterocycles. The van der Waals surface area contributed by atoms with Gasteiger partial charge in [0, 0.05) is 54.1 Å². The molecular formula is C18H25N5OS2. The van der Waals surface area contributed by atoms with E-state index in [0.717, 1.165) is 55.7 Å². The van der Waals surface area contributed by atoms with Gasteiger partial charge in [-0.2, -0.15) is 0 Å². The third-order valence-corrected chi connectivity index (χ3v) is 7.17. The van der Waals surface area contributed by atoms with Crippen LogP contribution in [-0.4, -0.2) is 52.0 Å². The maximum absolute atomic E-state index is 12.6. The summed E-state index contributed by atoms with van der Waals surface area (Å²) >= 11 is 3.38. The van der Waals surface area contributed by atoms with Crippen LogP contribution in [0.2, 0.25) is 0 Å². The summed E-state index contributed by atoms with van der Waals surface area (Å²) in [6, 6.07) is -0.0245. The Bertz CT molecular complexity index is 804. The van der Waals surface area contributed by atoms with Gasteiger partial charge in [0.15, 0.2) is 5.13 Å². The maximum Gasteiger partial charge on any atom is 0.323 e. The number of aryl methyl sites for hydroxylation is 2. The molecule has 140 valence electrons. The molecule has 6 nitrogen and oxygen atoms in total. The lowest BCUT2D eigenvalue weighted by molar-refractivity contribution is 0.143. The second kappa shape index (κ2) is 6.90. The number of hydrogen-bond acceptors (Lipinski definition) is 6. The summed E-state index contributed by atoms with van der Waals surface area (Å²) in [5, 5.41) is 4.87. The zero-order valence-corrected chi connectivity index (χ0v) is 17.2. The van der Waals surface area contributed by atoms with Crippen LogP contribution in [0.25, 0.3) is 0 Å². The molecule has 0 atom stereocenters. The summed E-state index contributed by atoms with van der Waals surface area (Å²) in [6.07, 6.45) is 4.18. The second-order valence-electron chi connectivity index (χ2n) is 7.71. The number of aromatic nitrogens is 2. The molecule has 1 aliphatic heterocycles. The van der Waals surface area contributed by atoms with Gasteiger partial charge in [-0.3, -0.25) is 10.2 Å². The summed E-state index contributed by atoms with van der Waals surface area (Å²) in [4.78, 5) is 28.5. The van der Waals surface area contributed by atoms with Crippen molar-refractivity contribution in [2.24, 2.45) is 0 Å². The van der Waals surface area contributed by atoms with E-state index in [1.54, 1.807) is 22.7 Å². The molecule has 0 unspecified atom stereocenters. The number of rotatable bonds is 3. The molecule has 2 aliphatic rings. The number of carbonyl (C=O) groups is 1. The number of carbonyl (C=O) groups excluding carboxylic acids is 1. The minimum absolute atomic E-state index is 0.0245. The van der Waals surface area contributed by atoms with E-state index in [0.29, 0.717) is 0 Å². The molecular weight excluding hydrogens is 366 g/mol. The number of anilines is 1. The lowest BCUT2D eigenvalue weighted by atomic mass is 9.91. The first-order valence-corrected chi connectivity index (χ1v) is 10.7. The predicted molar refractivity (Wildman–Crippen MR) is 106 cm³/mol. The van der Waals surface area contributed by atoms with E-state index < -0.39 is 0 Å². The Morgan fingerprint density at radius 2 is 2.04 bits per heavy atom. The Balaban J connectivity index is 1.30. The fourth-order valence-corrected chi connectivity index (χ4v) is 5.60. The molecule has 3 heterocycles. The van der Waals surface area contributed by atoms with Gasteiger partial charge in [-0.05, 0) is 19.8 Å². The fraction of sp³-hybridized carbons (Fsp3) is 0.611. The van der Waals surface area contributed by atoms with Crippen molar-refractivity contribution in [1.82, 2.24) is 19.8 Å². The predicted octanol–water partition coefficient (Wildman–Crippen LogP) is 3.48. The van der Waals surface area contributed by atoms with E-state index >= 15 is 0 Å². The molecule has 0 aromatic carbocycles. The number of urea groups is 1. The topological polar surface area (TPSA) is 61.4 Å². The van der Waals surface area contributed by atoms with Crippen LogP contribution in [0.4, 0.5) is 9.93 Å². The standard InChI is InChI=1S/C18H25N5OS2/c1-12-19-10-13(25-12)11-22-6-8-23(9-7-22)17(24)21-16-20-15-14(26-16)4-5-18(15,2)3/h10H,4-9,11H2,1-3H3,(H,20,21,24). The first kappa shape index (κ1) is 17.9. The Morgan fingerprint density at radius 3 is 2.69 bits per heavy atom. The van der Waals surface area contributed by atoms with Crippen LogP contribution in [0, 0.1) is 6.92 Å². The molecule has 1 fully saturated rings. The van der Waals surface area contributed by atoms with Crippen molar-refractivity contribution in [1.29, 1.82) is 0 Å². The van der Waals surface area contributed by atoms with Crippen LogP contribution in [-0.2, 0) is 18.4 Å². The first-order valence-electron chi connectivity index (χ1n) is 9.10. The highest BCUT2D eigenvalue weighted by Crippen LogP contribution is 2.42. The van der Waals surface area contributed by atoms with E-state index in [2.05, 4.69) is 29.0 Å². The summed E-state index contributed by atoms with van der Waals surface area (Å²) < 4.78 is 0. The molecule has 1 N–H and O–H groups in total. The smallest absolute Gasteiger partial charge is 0.322 e. The molecule has 0 bridgehead atoms. The van der Waals surface area contributed by atoms with Crippen molar-refractivity contribution in [3.05, 3.63) is 26.7 Å². The summed E-state index contributed by atoms with van der Waals surface area (Å²) in [5.41, 5.74) is 1.30. The van der Waals surface area contributed by atoms with E-state index in [4.69, 9.17) is 4.98 Å². The van der Waals surface area contributed by atoms with Crippen LogP contribution < -0.4 is 5.32 Å². The highest BCUT2D eigenvalue weighted by Gasteiger charge is 2.34. The average molecular weight is 392 g/mol. The van der Waals surface area contributed by atoms with E-state index in [9.17, 15) is 4.79 Å². The van der Waals surface area contributed by atoms with E-state index in [1.165, 1.54) is 15.4 Å².